The topological polar surface area (TPSA) is 42.7 Å². The molecular weight excluding hydrogens is 328 g/mol. The van der Waals surface area contributed by atoms with Gasteiger partial charge in [0.05, 0.1) is 17.6 Å². The molecule has 3 aromatic rings. The van der Waals surface area contributed by atoms with Crippen LogP contribution in [-0.2, 0) is 6.54 Å². The number of hydrogen-bond acceptors (Lipinski definition) is 3. The van der Waals surface area contributed by atoms with Crippen molar-refractivity contribution in [3.05, 3.63) is 52.8 Å². The molecule has 0 atom stereocenters. The van der Waals surface area contributed by atoms with Gasteiger partial charge in [0.15, 0.2) is 0 Å². The summed E-state index contributed by atoms with van der Waals surface area (Å²) >= 11 is 3.59. The van der Waals surface area contributed by atoms with Crippen LogP contribution in [0.15, 0.2) is 47.1 Å². The van der Waals surface area contributed by atoms with E-state index in [1.165, 1.54) is 5.39 Å². The maximum Gasteiger partial charge on any atom is 0.0969 e. The van der Waals surface area contributed by atoms with Crippen LogP contribution in [0.5, 0.6) is 0 Å². The molecule has 4 nitrogen and oxygen atoms in total. The Labute approximate surface area is 132 Å². The highest BCUT2D eigenvalue weighted by Gasteiger charge is 2.08. The molecule has 0 aliphatic carbocycles. The highest BCUT2D eigenvalue weighted by Crippen LogP contribution is 2.28. The average molecular weight is 345 g/mol. The van der Waals surface area contributed by atoms with Gasteiger partial charge in [0.25, 0.3) is 0 Å². The summed E-state index contributed by atoms with van der Waals surface area (Å²) in [4.78, 5) is 0. The van der Waals surface area contributed by atoms with Gasteiger partial charge in [0.2, 0.25) is 0 Å². The SMILES string of the molecule is CC(C)NCc1cn(-c2ccc(Br)c3ccccc23)nn1. The summed E-state index contributed by atoms with van der Waals surface area (Å²) in [5.74, 6) is 0. The molecule has 5 heteroatoms. The van der Waals surface area contributed by atoms with Crippen LogP contribution < -0.4 is 5.32 Å². The van der Waals surface area contributed by atoms with Gasteiger partial charge in [0, 0.05) is 22.4 Å². The van der Waals surface area contributed by atoms with Crippen LogP contribution in [-0.4, -0.2) is 21.0 Å². The third-order valence-corrected chi connectivity index (χ3v) is 4.02. The smallest absolute Gasteiger partial charge is 0.0969 e. The molecule has 0 saturated carbocycles. The van der Waals surface area contributed by atoms with E-state index in [0.29, 0.717) is 6.04 Å². The minimum atomic E-state index is 0.434. The van der Waals surface area contributed by atoms with Gasteiger partial charge >= 0.3 is 0 Å². The molecule has 108 valence electrons. The minimum absolute atomic E-state index is 0.434. The number of hydrogen-bond donors (Lipinski definition) is 1. The zero-order valence-corrected chi connectivity index (χ0v) is 13.6. The van der Waals surface area contributed by atoms with Crippen LogP contribution in [0.3, 0.4) is 0 Å². The Kier molecular flexibility index (Phi) is 4.03. The molecule has 0 aliphatic rings. The van der Waals surface area contributed by atoms with Gasteiger partial charge in [-0.25, -0.2) is 4.68 Å². The van der Waals surface area contributed by atoms with Crippen molar-refractivity contribution in [3.8, 4) is 5.69 Å². The van der Waals surface area contributed by atoms with Crippen molar-refractivity contribution in [2.24, 2.45) is 0 Å². The fourth-order valence-electron chi connectivity index (χ4n) is 2.25. The van der Waals surface area contributed by atoms with Crippen molar-refractivity contribution in [3.63, 3.8) is 0 Å². The number of halogens is 1. The van der Waals surface area contributed by atoms with Crippen LogP contribution in [0.4, 0.5) is 0 Å². The summed E-state index contributed by atoms with van der Waals surface area (Å²) < 4.78 is 2.93. The quantitative estimate of drug-likeness (QED) is 0.784. The van der Waals surface area contributed by atoms with E-state index in [1.54, 1.807) is 0 Å². The van der Waals surface area contributed by atoms with E-state index in [2.05, 4.69) is 63.6 Å². The Balaban J connectivity index is 1.99. The van der Waals surface area contributed by atoms with E-state index in [9.17, 15) is 0 Å². The monoisotopic (exact) mass is 344 g/mol. The number of aromatic nitrogens is 3. The Morgan fingerprint density at radius 2 is 1.90 bits per heavy atom. The number of benzene rings is 2. The van der Waals surface area contributed by atoms with Crippen molar-refractivity contribution < 1.29 is 0 Å². The second-order valence-electron chi connectivity index (χ2n) is 5.30. The number of rotatable bonds is 4. The third-order valence-electron chi connectivity index (χ3n) is 3.33. The Morgan fingerprint density at radius 1 is 1.14 bits per heavy atom. The molecular formula is C16H17BrN4. The first kappa shape index (κ1) is 14.2. The maximum absolute atomic E-state index is 4.26. The van der Waals surface area contributed by atoms with Gasteiger partial charge < -0.3 is 5.32 Å². The summed E-state index contributed by atoms with van der Waals surface area (Å²) in [7, 11) is 0. The Morgan fingerprint density at radius 3 is 2.67 bits per heavy atom. The Hall–Kier alpha value is -1.72. The molecule has 0 amide bonds. The Bertz CT molecular complexity index is 764. The molecule has 0 radical (unpaired) electrons. The fraction of sp³-hybridized carbons (Fsp3) is 0.250. The summed E-state index contributed by atoms with van der Waals surface area (Å²) in [6.07, 6.45) is 1.98. The molecule has 3 rings (SSSR count). The predicted octanol–water partition coefficient (Wildman–Crippen LogP) is 3.68. The van der Waals surface area contributed by atoms with Crippen LogP contribution >= 0.6 is 15.9 Å². The van der Waals surface area contributed by atoms with Crippen molar-refractivity contribution in [1.29, 1.82) is 0 Å². The zero-order chi connectivity index (χ0) is 14.8. The highest BCUT2D eigenvalue weighted by molar-refractivity contribution is 9.10. The summed E-state index contributed by atoms with van der Waals surface area (Å²) in [6, 6.07) is 12.8. The lowest BCUT2D eigenvalue weighted by Gasteiger charge is -2.07. The van der Waals surface area contributed by atoms with Crippen molar-refractivity contribution in [2.75, 3.05) is 0 Å². The minimum Gasteiger partial charge on any atom is -0.309 e. The van der Waals surface area contributed by atoms with Crippen LogP contribution in [0.1, 0.15) is 19.5 Å². The largest absolute Gasteiger partial charge is 0.309 e. The van der Waals surface area contributed by atoms with Gasteiger partial charge in [-0.2, -0.15) is 0 Å². The van der Waals surface area contributed by atoms with Gasteiger partial charge in [0.1, 0.15) is 0 Å². The fourth-order valence-corrected chi connectivity index (χ4v) is 2.73. The van der Waals surface area contributed by atoms with Gasteiger partial charge in [-0.15, -0.1) is 5.10 Å². The summed E-state index contributed by atoms with van der Waals surface area (Å²) in [6.45, 7) is 4.96. The van der Waals surface area contributed by atoms with Crippen molar-refractivity contribution in [1.82, 2.24) is 20.3 Å². The van der Waals surface area contributed by atoms with Crippen LogP contribution in [0.25, 0.3) is 16.5 Å². The normalized spacial score (nSPS) is 11.4. The summed E-state index contributed by atoms with van der Waals surface area (Å²) in [5.41, 5.74) is 1.98. The second-order valence-corrected chi connectivity index (χ2v) is 6.16. The lowest BCUT2D eigenvalue weighted by molar-refractivity contribution is 0.580. The second kappa shape index (κ2) is 5.95. The predicted molar refractivity (Wildman–Crippen MR) is 88.5 cm³/mol. The van der Waals surface area contributed by atoms with E-state index in [1.807, 2.05) is 29.1 Å². The molecule has 1 N–H and O–H groups in total. The third kappa shape index (κ3) is 2.99. The van der Waals surface area contributed by atoms with Gasteiger partial charge in [-0.05, 0) is 17.5 Å². The lowest BCUT2D eigenvalue weighted by Crippen LogP contribution is -2.21. The number of fused-ring (bicyclic) bond motifs is 1. The van der Waals surface area contributed by atoms with Crippen molar-refractivity contribution >= 4 is 26.7 Å². The van der Waals surface area contributed by atoms with E-state index in [-0.39, 0.29) is 0 Å². The zero-order valence-electron chi connectivity index (χ0n) is 12.0. The molecule has 0 fully saturated rings. The average Bonchev–Trinajstić information content (AvgIpc) is 2.94. The number of nitrogens with zero attached hydrogens (tertiary/aromatic N) is 3. The van der Waals surface area contributed by atoms with Crippen LogP contribution in [0.2, 0.25) is 0 Å². The van der Waals surface area contributed by atoms with E-state index in [0.717, 1.165) is 27.8 Å². The summed E-state index contributed by atoms with van der Waals surface area (Å²) in [5, 5.41) is 14.2. The molecule has 1 heterocycles. The molecule has 0 aliphatic heterocycles. The first-order valence-corrected chi connectivity index (χ1v) is 7.76. The maximum atomic E-state index is 4.26. The first-order chi connectivity index (χ1) is 10.1. The molecule has 21 heavy (non-hydrogen) atoms. The highest BCUT2D eigenvalue weighted by atomic mass is 79.9. The van der Waals surface area contributed by atoms with E-state index >= 15 is 0 Å². The molecule has 0 spiro atoms. The standard InChI is InChI=1S/C16H17BrN4/c1-11(2)18-9-12-10-21(20-19-12)16-8-7-15(17)13-5-3-4-6-14(13)16/h3-8,10-11,18H,9H2,1-2H3. The molecule has 0 unspecified atom stereocenters. The molecule has 1 aromatic heterocycles. The van der Waals surface area contributed by atoms with E-state index in [4.69, 9.17) is 0 Å². The molecule has 2 aromatic carbocycles. The van der Waals surface area contributed by atoms with Gasteiger partial charge in [-0.1, -0.05) is 59.3 Å². The lowest BCUT2D eigenvalue weighted by atomic mass is 10.1. The molecule has 0 bridgehead atoms. The van der Waals surface area contributed by atoms with Gasteiger partial charge in [-0.3, -0.25) is 0 Å². The first-order valence-electron chi connectivity index (χ1n) is 6.97. The molecule has 0 saturated heterocycles. The van der Waals surface area contributed by atoms with E-state index < -0.39 is 0 Å². The van der Waals surface area contributed by atoms with Crippen LogP contribution in [0, 0.1) is 0 Å². The number of nitrogens with one attached hydrogen (secondary N) is 1. The van der Waals surface area contributed by atoms with Crippen molar-refractivity contribution in [2.45, 2.75) is 26.4 Å².